The van der Waals surface area contributed by atoms with Gasteiger partial charge in [-0.25, -0.2) is 9.13 Å². The van der Waals surface area contributed by atoms with Gasteiger partial charge in [0.05, 0.1) is 11.5 Å². The molecule has 0 amide bonds. The number of nitro benzene ring substituents is 1. The van der Waals surface area contributed by atoms with Crippen molar-refractivity contribution in [1.82, 2.24) is 4.57 Å². The van der Waals surface area contributed by atoms with E-state index in [1.807, 2.05) is 28.8 Å². The lowest BCUT2D eigenvalue weighted by molar-refractivity contribution is -0.648. The van der Waals surface area contributed by atoms with Crippen molar-refractivity contribution in [3.8, 4) is 0 Å². The van der Waals surface area contributed by atoms with Crippen LogP contribution in [0.3, 0.4) is 0 Å². The van der Waals surface area contributed by atoms with Gasteiger partial charge in [0.25, 0.3) is 5.69 Å². The lowest BCUT2D eigenvalue weighted by Crippen LogP contribution is -2.37. The molecule has 0 aliphatic rings. The van der Waals surface area contributed by atoms with Gasteiger partial charge in [-0.05, 0) is 40.8 Å². The monoisotopic (exact) mass is 443 g/mol. The van der Waals surface area contributed by atoms with Gasteiger partial charge in [0.1, 0.15) is 17.6 Å². The third kappa shape index (κ3) is 4.48. The molecule has 3 aromatic carbocycles. The predicted molar refractivity (Wildman–Crippen MR) is 128 cm³/mol. The largest absolute Gasteiger partial charge is 0.356 e. The molecule has 0 fully saturated rings. The Morgan fingerprint density at radius 2 is 1.64 bits per heavy atom. The first kappa shape index (κ1) is 22.2. The minimum absolute atomic E-state index is 0.0418. The Balaban J connectivity index is 1.66. The number of hydrogen-bond donors (Lipinski definition) is 1. The second kappa shape index (κ2) is 8.50. The minimum Gasteiger partial charge on any atom is -0.291 e. The highest BCUT2D eigenvalue weighted by Crippen LogP contribution is 2.23. The Morgan fingerprint density at radius 3 is 2.24 bits per heavy atom. The van der Waals surface area contributed by atoms with Crippen molar-refractivity contribution >= 4 is 28.5 Å². The molecular formula is C26H27N4O3+. The molecule has 4 rings (SSSR count). The number of carbonyl (C=O) groups excluding carboxylic acids is 1. The van der Waals surface area contributed by atoms with E-state index in [9.17, 15) is 14.9 Å². The molecule has 168 valence electrons. The maximum absolute atomic E-state index is 12.9. The molecule has 2 N–H and O–H groups in total. The van der Waals surface area contributed by atoms with Crippen LogP contribution < -0.4 is 10.3 Å². The fraction of sp³-hybridized carbons (Fsp3) is 0.231. The van der Waals surface area contributed by atoms with Crippen molar-refractivity contribution in [3.05, 3.63) is 99.6 Å². The van der Waals surface area contributed by atoms with Gasteiger partial charge in [-0.1, -0.05) is 57.2 Å². The van der Waals surface area contributed by atoms with Crippen LogP contribution in [0.1, 0.15) is 42.3 Å². The number of non-ortho nitro benzene ring substituents is 1. The summed E-state index contributed by atoms with van der Waals surface area (Å²) >= 11 is 0. The van der Waals surface area contributed by atoms with E-state index in [1.165, 1.54) is 29.8 Å². The molecule has 0 saturated heterocycles. The van der Waals surface area contributed by atoms with Crippen LogP contribution >= 0.6 is 0 Å². The van der Waals surface area contributed by atoms with Crippen LogP contribution in [0.25, 0.3) is 11.0 Å². The lowest BCUT2D eigenvalue weighted by Gasteiger charge is -2.19. The summed E-state index contributed by atoms with van der Waals surface area (Å²) < 4.78 is 3.80. The Hall–Kier alpha value is -4.00. The zero-order chi connectivity index (χ0) is 23.8. The molecule has 0 aliphatic heterocycles. The van der Waals surface area contributed by atoms with Gasteiger partial charge in [0, 0.05) is 17.7 Å². The number of nitrogens with two attached hydrogens (primary N) is 1. The molecule has 7 nitrogen and oxygen atoms in total. The van der Waals surface area contributed by atoms with Crippen LogP contribution in [0.2, 0.25) is 0 Å². The normalized spacial score (nSPS) is 11.6. The standard InChI is InChI=1S/C26H26N4O3/c1-26(2,3)20-12-8-18(9-13-20)16-28-22-6-4-5-7-23(22)29(25(28)27)17-24(31)19-10-14-21(15-11-19)30(32)33/h4-15,27H,16-17H2,1-3H3/p+1. The molecule has 4 aromatic rings. The van der Waals surface area contributed by atoms with Gasteiger partial charge in [0.2, 0.25) is 0 Å². The maximum Gasteiger partial charge on any atom is 0.356 e. The molecule has 1 heterocycles. The summed E-state index contributed by atoms with van der Waals surface area (Å²) in [6.45, 7) is 7.18. The quantitative estimate of drug-likeness (QED) is 0.203. The molecule has 33 heavy (non-hydrogen) atoms. The van der Waals surface area contributed by atoms with Crippen molar-refractivity contribution < 1.29 is 14.3 Å². The number of nitrogen functional groups attached to an aromatic ring is 1. The summed E-state index contributed by atoms with van der Waals surface area (Å²) in [6, 6.07) is 21.9. The summed E-state index contributed by atoms with van der Waals surface area (Å²) in [5.74, 6) is 0.311. The van der Waals surface area contributed by atoms with Crippen LogP contribution in [0.15, 0.2) is 72.8 Å². The predicted octanol–water partition coefficient (Wildman–Crippen LogP) is 4.65. The Bertz CT molecular complexity index is 1330. The van der Waals surface area contributed by atoms with Crippen molar-refractivity contribution in [2.75, 3.05) is 5.73 Å². The fourth-order valence-corrected chi connectivity index (χ4v) is 3.94. The first-order chi connectivity index (χ1) is 15.6. The van der Waals surface area contributed by atoms with Gasteiger partial charge in [-0.3, -0.25) is 20.6 Å². The van der Waals surface area contributed by atoms with Crippen molar-refractivity contribution in [2.45, 2.75) is 39.3 Å². The zero-order valence-electron chi connectivity index (χ0n) is 19.0. The number of aromatic nitrogens is 2. The Kier molecular flexibility index (Phi) is 5.72. The number of carbonyl (C=O) groups is 1. The van der Waals surface area contributed by atoms with Gasteiger partial charge in [-0.2, -0.15) is 0 Å². The minimum atomic E-state index is -0.483. The number of fused-ring (bicyclic) bond motifs is 1. The average Bonchev–Trinajstić information content (AvgIpc) is 3.05. The molecule has 0 saturated carbocycles. The van der Waals surface area contributed by atoms with Gasteiger partial charge in [-0.15, -0.1) is 0 Å². The van der Waals surface area contributed by atoms with E-state index < -0.39 is 4.92 Å². The zero-order valence-corrected chi connectivity index (χ0v) is 19.0. The SMILES string of the molecule is CC(C)(C)c1ccc(C[n+]2c(N)n(CC(=O)c3ccc([N+](=O)[O-])cc3)c3ccccc32)cc1. The van der Waals surface area contributed by atoms with E-state index in [-0.39, 0.29) is 23.4 Å². The van der Waals surface area contributed by atoms with Crippen LogP contribution in [0, 0.1) is 10.1 Å². The Labute approximate surface area is 192 Å². The smallest absolute Gasteiger partial charge is 0.291 e. The lowest BCUT2D eigenvalue weighted by atomic mass is 9.87. The van der Waals surface area contributed by atoms with E-state index in [1.54, 1.807) is 4.57 Å². The first-order valence-electron chi connectivity index (χ1n) is 10.8. The average molecular weight is 444 g/mol. The third-order valence-electron chi connectivity index (χ3n) is 5.88. The second-order valence-electron chi connectivity index (χ2n) is 9.19. The number of para-hydroxylation sites is 2. The Morgan fingerprint density at radius 1 is 1.00 bits per heavy atom. The number of imidazole rings is 1. The van der Waals surface area contributed by atoms with E-state index in [0.717, 1.165) is 16.6 Å². The van der Waals surface area contributed by atoms with Crippen LogP contribution in [0.5, 0.6) is 0 Å². The molecular weight excluding hydrogens is 416 g/mol. The summed E-state index contributed by atoms with van der Waals surface area (Å²) in [4.78, 5) is 23.3. The molecule has 0 radical (unpaired) electrons. The number of benzene rings is 3. The molecule has 0 unspecified atom stereocenters. The van der Waals surface area contributed by atoms with Crippen LogP contribution in [0.4, 0.5) is 11.6 Å². The van der Waals surface area contributed by atoms with E-state index in [4.69, 9.17) is 5.73 Å². The highest BCUT2D eigenvalue weighted by Gasteiger charge is 2.24. The number of nitro groups is 1. The van der Waals surface area contributed by atoms with Crippen LogP contribution in [-0.4, -0.2) is 15.3 Å². The van der Waals surface area contributed by atoms with Crippen molar-refractivity contribution in [2.24, 2.45) is 0 Å². The fourth-order valence-electron chi connectivity index (χ4n) is 3.94. The molecule has 7 heteroatoms. The highest BCUT2D eigenvalue weighted by molar-refractivity contribution is 5.97. The highest BCUT2D eigenvalue weighted by atomic mass is 16.6. The van der Waals surface area contributed by atoms with E-state index in [2.05, 4.69) is 45.0 Å². The first-order valence-corrected chi connectivity index (χ1v) is 10.8. The number of ketones is 1. The maximum atomic E-state index is 12.9. The number of hydrogen-bond acceptors (Lipinski definition) is 4. The molecule has 0 aliphatic carbocycles. The molecule has 0 atom stereocenters. The summed E-state index contributed by atoms with van der Waals surface area (Å²) in [5.41, 5.74) is 11.2. The van der Waals surface area contributed by atoms with Crippen LogP contribution in [-0.2, 0) is 18.5 Å². The summed E-state index contributed by atoms with van der Waals surface area (Å²) in [6.07, 6.45) is 0. The number of anilines is 1. The van der Waals surface area contributed by atoms with Gasteiger partial charge >= 0.3 is 5.95 Å². The number of Topliss-reactive ketones (excluding diaryl/α,β-unsaturated/α-hetero) is 1. The van der Waals surface area contributed by atoms with Crippen molar-refractivity contribution in [3.63, 3.8) is 0 Å². The van der Waals surface area contributed by atoms with Gasteiger partial charge in [0.15, 0.2) is 5.78 Å². The number of rotatable bonds is 6. The van der Waals surface area contributed by atoms with E-state index >= 15 is 0 Å². The third-order valence-corrected chi connectivity index (χ3v) is 5.88. The van der Waals surface area contributed by atoms with E-state index in [0.29, 0.717) is 18.1 Å². The second-order valence-corrected chi connectivity index (χ2v) is 9.19. The summed E-state index contributed by atoms with van der Waals surface area (Å²) in [5, 5.41) is 10.9. The van der Waals surface area contributed by atoms with Gasteiger partial charge < -0.3 is 0 Å². The van der Waals surface area contributed by atoms with Crippen molar-refractivity contribution in [1.29, 1.82) is 0 Å². The number of nitrogens with zero attached hydrogens (tertiary/aromatic N) is 3. The summed E-state index contributed by atoms with van der Waals surface area (Å²) in [7, 11) is 0. The molecule has 0 bridgehead atoms. The topological polar surface area (TPSA) is 95.0 Å². The molecule has 0 spiro atoms. The molecule has 1 aromatic heterocycles.